The van der Waals surface area contributed by atoms with Crippen molar-refractivity contribution in [1.82, 2.24) is 14.8 Å². The molecular formula is C14H16N4O2S. The molecule has 0 aliphatic rings. The maximum atomic E-state index is 12.4. The van der Waals surface area contributed by atoms with Crippen LogP contribution in [0.3, 0.4) is 0 Å². The summed E-state index contributed by atoms with van der Waals surface area (Å²) in [4.78, 5) is 4.25. The zero-order valence-electron chi connectivity index (χ0n) is 11.9. The minimum Gasteiger partial charge on any atom is -0.430 e. The zero-order valence-corrected chi connectivity index (χ0v) is 12.7. The highest BCUT2D eigenvalue weighted by molar-refractivity contribution is 7.84. The smallest absolute Gasteiger partial charge is 0.288 e. The first kappa shape index (κ1) is 13.8. The number of anilines is 1. The van der Waals surface area contributed by atoms with Gasteiger partial charge in [0, 0.05) is 12.7 Å². The summed E-state index contributed by atoms with van der Waals surface area (Å²) in [6.45, 7) is 2.04. The van der Waals surface area contributed by atoms with Crippen molar-refractivity contribution in [2.75, 3.05) is 5.73 Å². The predicted molar refractivity (Wildman–Crippen MR) is 81.1 cm³/mol. The van der Waals surface area contributed by atoms with Crippen LogP contribution in [-0.4, -0.2) is 19.0 Å². The molecule has 1 aromatic carbocycles. The SMILES string of the molecule is CCc1cc(CS(=O)c2nc3cc(N)ccc3o2)n(C)n1. The first-order valence-electron chi connectivity index (χ1n) is 6.63. The lowest BCUT2D eigenvalue weighted by Gasteiger charge is -1.98. The van der Waals surface area contributed by atoms with E-state index in [1.54, 1.807) is 22.9 Å². The number of nitrogens with zero attached hydrogens (tertiary/aromatic N) is 3. The van der Waals surface area contributed by atoms with Crippen LogP contribution in [0.5, 0.6) is 0 Å². The fourth-order valence-corrected chi connectivity index (χ4v) is 3.14. The monoisotopic (exact) mass is 304 g/mol. The molecule has 0 amide bonds. The summed E-state index contributed by atoms with van der Waals surface area (Å²) >= 11 is 0. The quantitative estimate of drug-likeness (QED) is 0.745. The molecule has 0 radical (unpaired) electrons. The topological polar surface area (TPSA) is 86.9 Å². The molecular weight excluding hydrogens is 288 g/mol. The van der Waals surface area contributed by atoms with Gasteiger partial charge in [-0.25, -0.2) is 9.19 Å². The molecule has 2 N–H and O–H groups in total. The molecule has 110 valence electrons. The van der Waals surface area contributed by atoms with Crippen LogP contribution in [0.4, 0.5) is 5.69 Å². The van der Waals surface area contributed by atoms with Gasteiger partial charge in [0.1, 0.15) is 16.3 Å². The van der Waals surface area contributed by atoms with E-state index in [4.69, 9.17) is 10.2 Å². The molecule has 1 atom stereocenters. The Labute approximate surface area is 124 Å². The van der Waals surface area contributed by atoms with Gasteiger partial charge in [-0.1, -0.05) is 6.92 Å². The van der Waals surface area contributed by atoms with Crippen molar-refractivity contribution in [3.8, 4) is 0 Å². The molecule has 0 spiro atoms. The summed E-state index contributed by atoms with van der Waals surface area (Å²) in [5.41, 5.74) is 9.39. The van der Waals surface area contributed by atoms with E-state index in [1.165, 1.54) is 0 Å². The number of rotatable bonds is 4. The third kappa shape index (κ3) is 2.69. The molecule has 3 aromatic rings. The van der Waals surface area contributed by atoms with E-state index in [1.807, 2.05) is 20.0 Å². The van der Waals surface area contributed by atoms with Gasteiger partial charge in [0.15, 0.2) is 5.58 Å². The number of aryl methyl sites for hydroxylation is 2. The molecule has 0 saturated heterocycles. The molecule has 2 aromatic heterocycles. The van der Waals surface area contributed by atoms with E-state index in [9.17, 15) is 4.21 Å². The number of hydrogen-bond acceptors (Lipinski definition) is 5. The second-order valence-corrected chi connectivity index (χ2v) is 6.13. The minimum atomic E-state index is -1.35. The number of nitrogens with two attached hydrogens (primary N) is 1. The number of oxazole rings is 1. The lowest BCUT2D eigenvalue weighted by Crippen LogP contribution is -2.03. The van der Waals surface area contributed by atoms with Gasteiger partial charge in [0.25, 0.3) is 5.22 Å². The largest absolute Gasteiger partial charge is 0.430 e. The lowest BCUT2D eigenvalue weighted by molar-refractivity contribution is 0.477. The van der Waals surface area contributed by atoms with Crippen LogP contribution < -0.4 is 5.73 Å². The van der Waals surface area contributed by atoms with Crippen molar-refractivity contribution >= 4 is 27.6 Å². The van der Waals surface area contributed by atoms with E-state index in [0.29, 0.717) is 22.5 Å². The van der Waals surface area contributed by atoms with E-state index in [-0.39, 0.29) is 5.22 Å². The molecule has 1 unspecified atom stereocenters. The van der Waals surface area contributed by atoms with Gasteiger partial charge in [-0.15, -0.1) is 0 Å². The Kier molecular flexibility index (Phi) is 3.50. The van der Waals surface area contributed by atoms with Gasteiger partial charge in [0.05, 0.1) is 17.1 Å². The van der Waals surface area contributed by atoms with Gasteiger partial charge in [-0.2, -0.15) is 5.10 Å². The van der Waals surface area contributed by atoms with Crippen molar-refractivity contribution in [3.63, 3.8) is 0 Å². The number of fused-ring (bicyclic) bond motifs is 1. The van der Waals surface area contributed by atoms with Crippen LogP contribution in [0.2, 0.25) is 0 Å². The molecule has 0 aliphatic carbocycles. The summed E-state index contributed by atoms with van der Waals surface area (Å²) in [5.74, 6) is 0.325. The summed E-state index contributed by atoms with van der Waals surface area (Å²) in [5, 5.41) is 4.56. The zero-order chi connectivity index (χ0) is 15.0. The summed E-state index contributed by atoms with van der Waals surface area (Å²) in [6, 6.07) is 7.13. The van der Waals surface area contributed by atoms with E-state index in [0.717, 1.165) is 17.8 Å². The average Bonchev–Trinajstić information content (AvgIpc) is 3.02. The van der Waals surface area contributed by atoms with Crippen molar-refractivity contribution in [3.05, 3.63) is 35.7 Å². The Hall–Kier alpha value is -2.15. The van der Waals surface area contributed by atoms with Crippen LogP contribution in [0.25, 0.3) is 11.1 Å². The number of hydrogen-bond donors (Lipinski definition) is 1. The number of nitrogen functional groups attached to an aromatic ring is 1. The second kappa shape index (κ2) is 5.33. The normalized spacial score (nSPS) is 12.9. The Morgan fingerprint density at radius 3 is 2.90 bits per heavy atom. The van der Waals surface area contributed by atoms with Crippen molar-refractivity contribution in [2.24, 2.45) is 7.05 Å². The molecule has 21 heavy (non-hydrogen) atoms. The van der Waals surface area contributed by atoms with Gasteiger partial charge >= 0.3 is 0 Å². The molecule has 0 saturated carbocycles. The molecule has 0 fully saturated rings. The van der Waals surface area contributed by atoms with Crippen molar-refractivity contribution in [2.45, 2.75) is 24.3 Å². The Balaban J connectivity index is 1.87. The lowest BCUT2D eigenvalue weighted by atomic mass is 10.3. The fourth-order valence-electron chi connectivity index (χ4n) is 2.10. The predicted octanol–water partition coefficient (Wildman–Crippen LogP) is 2.01. The summed E-state index contributed by atoms with van der Waals surface area (Å²) < 4.78 is 19.7. The van der Waals surface area contributed by atoms with E-state index in [2.05, 4.69) is 10.1 Å². The molecule has 2 heterocycles. The van der Waals surface area contributed by atoms with Gasteiger partial charge in [-0.3, -0.25) is 4.68 Å². The maximum Gasteiger partial charge on any atom is 0.288 e. The minimum absolute atomic E-state index is 0.217. The van der Waals surface area contributed by atoms with Crippen LogP contribution in [-0.2, 0) is 30.0 Å². The number of aromatic nitrogens is 3. The maximum absolute atomic E-state index is 12.4. The molecule has 6 nitrogen and oxygen atoms in total. The van der Waals surface area contributed by atoms with Gasteiger partial charge in [0.2, 0.25) is 0 Å². The third-order valence-electron chi connectivity index (χ3n) is 3.26. The first-order valence-corrected chi connectivity index (χ1v) is 7.95. The van der Waals surface area contributed by atoms with Crippen LogP contribution in [0.1, 0.15) is 18.3 Å². The van der Waals surface area contributed by atoms with Gasteiger partial charge < -0.3 is 10.2 Å². The average molecular weight is 304 g/mol. The Morgan fingerprint density at radius 1 is 1.38 bits per heavy atom. The molecule has 7 heteroatoms. The van der Waals surface area contributed by atoms with E-state index < -0.39 is 10.8 Å². The Bertz CT molecular complexity index is 822. The second-order valence-electron chi connectivity index (χ2n) is 4.80. The molecule has 3 rings (SSSR count). The number of benzene rings is 1. The standard InChI is InChI=1S/C14H16N4O2S/c1-3-10-7-11(18(2)17-10)8-21(19)14-16-12-6-9(15)4-5-13(12)20-14/h4-7H,3,8,15H2,1-2H3. The first-order chi connectivity index (χ1) is 10.1. The van der Waals surface area contributed by atoms with Crippen LogP contribution in [0.15, 0.2) is 33.9 Å². The third-order valence-corrected chi connectivity index (χ3v) is 4.38. The Morgan fingerprint density at radius 2 is 2.19 bits per heavy atom. The van der Waals surface area contributed by atoms with Crippen molar-refractivity contribution < 1.29 is 8.63 Å². The molecule has 0 aliphatic heterocycles. The molecule has 0 bridgehead atoms. The van der Waals surface area contributed by atoms with Crippen LogP contribution in [0, 0.1) is 0 Å². The van der Waals surface area contributed by atoms with E-state index >= 15 is 0 Å². The highest BCUT2D eigenvalue weighted by Crippen LogP contribution is 2.21. The highest BCUT2D eigenvalue weighted by Gasteiger charge is 2.16. The highest BCUT2D eigenvalue weighted by atomic mass is 32.2. The van der Waals surface area contributed by atoms with Gasteiger partial charge in [-0.05, 0) is 30.7 Å². The van der Waals surface area contributed by atoms with Crippen LogP contribution >= 0.6 is 0 Å². The van der Waals surface area contributed by atoms with Crippen molar-refractivity contribution in [1.29, 1.82) is 0 Å². The summed E-state index contributed by atoms with van der Waals surface area (Å²) in [7, 11) is 0.494. The summed E-state index contributed by atoms with van der Waals surface area (Å²) in [6.07, 6.45) is 0.850. The fraction of sp³-hybridized carbons (Fsp3) is 0.286.